The number of benzene rings is 2. The molecule has 5 nitrogen and oxygen atoms in total. The highest BCUT2D eigenvalue weighted by Crippen LogP contribution is 2.37. The molecule has 160 valence electrons. The van der Waals surface area contributed by atoms with Gasteiger partial charge in [0.05, 0.1) is 12.2 Å². The predicted molar refractivity (Wildman–Crippen MR) is 116 cm³/mol. The first kappa shape index (κ1) is 22.2. The maximum Gasteiger partial charge on any atom is 0.316 e. The van der Waals surface area contributed by atoms with Crippen molar-refractivity contribution in [2.24, 2.45) is 0 Å². The van der Waals surface area contributed by atoms with E-state index in [0.29, 0.717) is 39.0 Å². The molecule has 1 aliphatic heterocycles. The molecule has 1 N–H and O–H groups in total. The molecule has 0 aliphatic carbocycles. The summed E-state index contributed by atoms with van der Waals surface area (Å²) in [5.41, 5.74) is 0.426. The van der Waals surface area contributed by atoms with Crippen LogP contribution in [0, 0.1) is 0 Å². The Labute approximate surface area is 178 Å². The molecule has 0 amide bonds. The number of hydrogen-bond donors (Lipinski definition) is 1. The zero-order valence-corrected chi connectivity index (χ0v) is 17.6. The molecule has 0 aromatic heterocycles. The van der Waals surface area contributed by atoms with Gasteiger partial charge in [-0.1, -0.05) is 60.7 Å². The van der Waals surface area contributed by atoms with Crippen LogP contribution in [0.15, 0.2) is 60.7 Å². The van der Waals surface area contributed by atoms with E-state index in [9.17, 15) is 14.7 Å². The van der Waals surface area contributed by atoms with Gasteiger partial charge in [-0.3, -0.25) is 9.59 Å². The fourth-order valence-corrected chi connectivity index (χ4v) is 4.22. The fraction of sp³-hybridized carbons (Fsp3) is 0.440. The lowest BCUT2D eigenvalue weighted by Gasteiger charge is -2.42. The van der Waals surface area contributed by atoms with Gasteiger partial charge < -0.3 is 14.7 Å². The Balaban J connectivity index is 1.55. The Morgan fingerprint density at radius 3 is 2.23 bits per heavy atom. The zero-order valence-electron chi connectivity index (χ0n) is 17.6. The summed E-state index contributed by atoms with van der Waals surface area (Å²) in [5.74, 6) is -0.885. The van der Waals surface area contributed by atoms with Gasteiger partial charge in [0.15, 0.2) is 5.78 Å². The maximum absolute atomic E-state index is 12.7. The van der Waals surface area contributed by atoms with Crippen LogP contribution in [-0.4, -0.2) is 53.6 Å². The number of aliphatic hydroxyl groups is 1. The number of carbonyl (C=O) groups is 2. The van der Waals surface area contributed by atoms with Gasteiger partial charge in [-0.2, -0.15) is 0 Å². The second-order valence-electron chi connectivity index (χ2n) is 7.93. The molecule has 1 unspecified atom stereocenters. The number of likely N-dealkylation sites (tertiary alicyclic amines) is 1. The first-order valence-electron chi connectivity index (χ1n) is 10.8. The summed E-state index contributed by atoms with van der Waals surface area (Å²) in [6.45, 7) is 4.27. The number of carbonyl (C=O) groups excluding carboxylic acids is 2. The summed E-state index contributed by atoms with van der Waals surface area (Å²) in [7, 11) is 0. The molecule has 5 heteroatoms. The third kappa shape index (κ3) is 5.55. The van der Waals surface area contributed by atoms with Gasteiger partial charge in [-0.25, -0.2) is 0 Å². The van der Waals surface area contributed by atoms with Crippen LogP contribution >= 0.6 is 0 Å². The molecule has 3 rings (SSSR count). The lowest BCUT2D eigenvalue weighted by atomic mass is 9.75. The van der Waals surface area contributed by atoms with E-state index in [2.05, 4.69) is 4.90 Å². The van der Waals surface area contributed by atoms with Crippen LogP contribution in [0.4, 0.5) is 0 Å². The number of ketones is 1. The number of Topliss-reactive ketones (excluding diaryl/α,β-unsaturated/α-hetero) is 1. The largest absolute Gasteiger partial charge is 0.465 e. The zero-order chi connectivity index (χ0) is 21.4. The standard InChI is InChI=1S/C25H31NO4/c1-2-30-24(28)23(21-12-7-4-8-13-21)25(29)15-18-26(19-16-25)17-9-14-22(27)20-10-5-3-6-11-20/h3-8,10-13,23,29H,2,9,14-19H2,1H3. The van der Waals surface area contributed by atoms with Crippen LogP contribution < -0.4 is 0 Å². The Hall–Kier alpha value is -2.50. The summed E-state index contributed by atoms with van der Waals surface area (Å²) in [5, 5.41) is 11.4. The molecule has 1 fully saturated rings. The van der Waals surface area contributed by atoms with Crippen LogP contribution in [-0.2, 0) is 9.53 Å². The van der Waals surface area contributed by atoms with E-state index < -0.39 is 11.5 Å². The van der Waals surface area contributed by atoms with Gasteiger partial charge in [-0.15, -0.1) is 0 Å². The molecule has 2 aromatic carbocycles. The third-order valence-electron chi connectivity index (χ3n) is 5.89. The van der Waals surface area contributed by atoms with Crippen molar-refractivity contribution in [3.05, 3.63) is 71.8 Å². The van der Waals surface area contributed by atoms with Crippen LogP contribution in [0.5, 0.6) is 0 Å². The number of hydrogen-bond acceptors (Lipinski definition) is 5. The highest BCUT2D eigenvalue weighted by Gasteiger charge is 2.45. The number of esters is 1. The van der Waals surface area contributed by atoms with Gasteiger partial charge in [0.2, 0.25) is 0 Å². The number of ether oxygens (including phenoxy) is 1. The molecule has 1 aliphatic rings. The quantitative estimate of drug-likeness (QED) is 0.504. The van der Waals surface area contributed by atoms with Crippen molar-refractivity contribution in [1.29, 1.82) is 0 Å². The minimum atomic E-state index is -1.12. The number of rotatable bonds is 9. The van der Waals surface area contributed by atoms with E-state index in [0.717, 1.165) is 24.1 Å². The van der Waals surface area contributed by atoms with E-state index in [4.69, 9.17) is 4.74 Å². The molecule has 30 heavy (non-hydrogen) atoms. The van der Waals surface area contributed by atoms with Crippen molar-refractivity contribution >= 4 is 11.8 Å². The third-order valence-corrected chi connectivity index (χ3v) is 5.89. The van der Waals surface area contributed by atoms with Gasteiger partial charge in [0.1, 0.15) is 5.92 Å². The number of piperidine rings is 1. The highest BCUT2D eigenvalue weighted by molar-refractivity contribution is 5.95. The highest BCUT2D eigenvalue weighted by atomic mass is 16.5. The normalized spacial score (nSPS) is 17.3. The molecule has 0 saturated carbocycles. The average Bonchev–Trinajstić information content (AvgIpc) is 2.77. The molecule has 1 atom stereocenters. The molecular formula is C25H31NO4. The van der Waals surface area contributed by atoms with Crippen molar-refractivity contribution in [1.82, 2.24) is 4.90 Å². The summed E-state index contributed by atoms with van der Waals surface area (Å²) in [6.07, 6.45) is 2.29. The second kappa shape index (κ2) is 10.5. The summed E-state index contributed by atoms with van der Waals surface area (Å²) in [6, 6.07) is 18.8. The molecule has 0 radical (unpaired) electrons. The van der Waals surface area contributed by atoms with Crippen LogP contribution in [0.2, 0.25) is 0 Å². The van der Waals surface area contributed by atoms with E-state index >= 15 is 0 Å². The summed E-state index contributed by atoms with van der Waals surface area (Å²) in [4.78, 5) is 27.2. The summed E-state index contributed by atoms with van der Waals surface area (Å²) >= 11 is 0. The fourth-order valence-electron chi connectivity index (χ4n) is 4.22. The molecule has 1 saturated heterocycles. The van der Waals surface area contributed by atoms with Crippen molar-refractivity contribution in [3.63, 3.8) is 0 Å². The minimum Gasteiger partial charge on any atom is -0.465 e. The van der Waals surface area contributed by atoms with Gasteiger partial charge in [0, 0.05) is 25.1 Å². The van der Waals surface area contributed by atoms with E-state index in [1.807, 2.05) is 60.7 Å². The van der Waals surface area contributed by atoms with E-state index in [1.165, 1.54) is 0 Å². The monoisotopic (exact) mass is 409 g/mol. The van der Waals surface area contributed by atoms with Crippen molar-refractivity contribution in [2.45, 2.75) is 44.1 Å². The van der Waals surface area contributed by atoms with Crippen LogP contribution in [0.1, 0.15) is 54.4 Å². The van der Waals surface area contributed by atoms with Crippen molar-refractivity contribution in [2.75, 3.05) is 26.2 Å². The smallest absolute Gasteiger partial charge is 0.316 e. The van der Waals surface area contributed by atoms with E-state index in [-0.39, 0.29) is 11.8 Å². The maximum atomic E-state index is 12.7. The molecule has 0 bridgehead atoms. The van der Waals surface area contributed by atoms with Crippen LogP contribution in [0.25, 0.3) is 0 Å². The molecule has 1 heterocycles. The predicted octanol–water partition coefficient (Wildman–Crippen LogP) is 3.82. The first-order valence-corrected chi connectivity index (χ1v) is 10.8. The lowest BCUT2D eigenvalue weighted by molar-refractivity contribution is -0.155. The molecule has 2 aromatic rings. The van der Waals surface area contributed by atoms with E-state index in [1.54, 1.807) is 6.92 Å². The molecular weight excluding hydrogens is 378 g/mol. The minimum absolute atomic E-state index is 0.163. The van der Waals surface area contributed by atoms with Gasteiger partial charge in [0.25, 0.3) is 0 Å². The van der Waals surface area contributed by atoms with Crippen molar-refractivity contribution < 1.29 is 19.4 Å². The Bertz CT molecular complexity index is 814. The van der Waals surface area contributed by atoms with Crippen molar-refractivity contribution in [3.8, 4) is 0 Å². The van der Waals surface area contributed by atoms with Crippen LogP contribution in [0.3, 0.4) is 0 Å². The van der Waals surface area contributed by atoms with Gasteiger partial charge in [-0.05, 0) is 38.3 Å². The topological polar surface area (TPSA) is 66.8 Å². The Morgan fingerprint density at radius 2 is 1.63 bits per heavy atom. The average molecular weight is 410 g/mol. The molecule has 0 spiro atoms. The summed E-state index contributed by atoms with van der Waals surface area (Å²) < 4.78 is 5.29. The Morgan fingerprint density at radius 1 is 1.03 bits per heavy atom. The van der Waals surface area contributed by atoms with Gasteiger partial charge >= 0.3 is 5.97 Å². The first-order chi connectivity index (χ1) is 14.5. The second-order valence-corrected chi connectivity index (χ2v) is 7.93. The lowest BCUT2D eigenvalue weighted by Crippen LogP contribution is -2.50. The number of nitrogens with zero attached hydrogens (tertiary/aromatic N) is 1. The Kier molecular flexibility index (Phi) is 7.77. The SMILES string of the molecule is CCOC(=O)C(c1ccccc1)C1(O)CCN(CCCC(=O)c2ccccc2)CC1.